The normalized spacial score (nSPS) is 15.3. The molecule has 0 spiro atoms. The van der Waals surface area contributed by atoms with E-state index in [0.29, 0.717) is 11.3 Å². The van der Waals surface area contributed by atoms with Gasteiger partial charge in [-0.2, -0.15) is 5.10 Å². The summed E-state index contributed by atoms with van der Waals surface area (Å²) in [5.41, 5.74) is 11.6. The Morgan fingerprint density at radius 3 is 2.52 bits per heavy atom. The maximum Gasteiger partial charge on any atom is 0.184 e. The fourth-order valence-electron chi connectivity index (χ4n) is 3.13. The lowest BCUT2D eigenvalue weighted by Gasteiger charge is -2.36. The Hall–Kier alpha value is -2.51. The minimum absolute atomic E-state index is 0.0758. The molecule has 2 aromatic carbocycles. The smallest absolute Gasteiger partial charge is 0.184 e. The summed E-state index contributed by atoms with van der Waals surface area (Å²) in [4.78, 5) is 4.50. The van der Waals surface area contributed by atoms with Crippen molar-refractivity contribution >= 4 is 29.2 Å². The van der Waals surface area contributed by atoms with Gasteiger partial charge in [-0.3, -0.25) is 10.3 Å². The maximum absolute atomic E-state index is 14.5. The number of halogens is 1. The maximum atomic E-state index is 14.5. The highest BCUT2D eigenvalue weighted by molar-refractivity contribution is 7.80. The average Bonchev–Trinajstić information content (AvgIpc) is 2.64. The fourth-order valence-corrected chi connectivity index (χ4v) is 3.18. The van der Waals surface area contributed by atoms with Gasteiger partial charge in [0.05, 0.1) is 11.9 Å². The molecule has 7 heteroatoms. The second-order valence-corrected chi connectivity index (χ2v) is 7.13. The number of nitrogens with zero attached hydrogens (tertiary/aromatic N) is 3. The molecule has 0 aromatic heterocycles. The minimum Gasteiger partial charge on any atom is -0.375 e. The van der Waals surface area contributed by atoms with Gasteiger partial charge in [0.1, 0.15) is 5.82 Å². The lowest BCUT2D eigenvalue weighted by atomic mass is 10.1. The number of hydrogen-bond acceptors (Lipinski definition) is 4. The Bertz CT molecular complexity index is 814. The molecule has 1 saturated heterocycles. The molecular weight excluding hydrogens is 361 g/mol. The van der Waals surface area contributed by atoms with Gasteiger partial charge in [0, 0.05) is 32.7 Å². The number of hydrogen-bond donors (Lipinski definition) is 2. The van der Waals surface area contributed by atoms with Gasteiger partial charge in [0.15, 0.2) is 5.11 Å². The number of hydrazone groups is 1. The van der Waals surface area contributed by atoms with E-state index < -0.39 is 0 Å². The molecule has 0 aliphatic carbocycles. The largest absolute Gasteiger partial charge is 0.375 e. The predicted molar refractivity (Wildman–Crippen MR) is 113 cm³/mol. The summed E-state index contributed by atoms with van der Waals surface area (Å²) < 4.78 is 14.5. The zero-order valence-corrected chi connectivity index (χ0v) is 16.2. The van der Waals surface area contributed by atoms with Crippen molar-refractivity contribution in [3.8, 4) is 0 Å². The summed E-state index contributed by atoms with van der Waals surface area (Å²) in [6, 6.07) is 13.7. The van der Waals surface area contributed by atoms with Crippen molar-refractivity contribution in [1.29, 1.82) is 0 Å². The van der Waals surface area contributed by atoms with Crippen LogP contribution in [0, 0.1) is 12.7 Å². The van der Waals surface area contributed by atoms with E-state index >= 15 is 0 Å². The summed E-state index contributed by atoms with van der Waals surface area (Å²) in [6.45, 7) is 6.46. The van der Waals surface area contributed by atoms with Crippen molar-refractivity contribution in [3.63, 3.8) is 0 Å². The Morgan fingerprint density at radius 1 is 1.19 bits per heavy atom. The van der Waals surface area contributed by atoms with Crippen molar-refractivity contribution in [1.82, 2.24) is 10.3 Å². The first-order chi connectivity index (χ1) is 13.0. The Kier molecular flexibility index (Phi) is 6.36. The van der Waals surface area contributed by atoms with E-state index in [2.05, 4.69) is 63.7 Å². The highest BCUT2D eigenvalue weighted by atomic mass is 32.1. The second kappa shape index (κ2) is 8.92. The number of benzene rings is 2. The molecule has 5 nitrogen and oxygen atoms in total. The number of thiocarbonyl (C=S) groups is 1. The predicted octanol–water partition coefficient (Wildman–Crippen LogP) is 2.62. The number of anilines is 1. The Labute approximate surface area is 164 Å². The number of nitrogens with one attached hydrogen (secondary N) is 1. The SMILES string of the molecule is Cc1ccc(CN2CCN(c3ccc(C=NNC(N)=S)cc3F)CC2)cc1. The van der Waals surface area contributed by atoms with Gasteiger partial charge >= 0.3 is 0 Å². The standard InChI is InChI=1S/C20H24FN5S/c1-15-2-4-16(5-3-15)14-25-8-10-26(11-9-25)19-7-6-17(12-18(19)21)13-23-24-20(22)27/h2-7,12-13H,8-11,14H2,1H3,(H3,22,24,27). The van der Waals surface area contributed by atoms with Gasteiger partial charge in [-0.25, -0.2) is 4.39 Å². The van der Waals surface area contributed by atoms with Crippen LogP contribution in [0.1, 0.15) is 16.7 Å². The third-order valence-corrected chi connectivity index (χ3v) is 4.69. The molecule has 1 aliphatic rings. The first-order valence-electron chi connectivity index (χ1n) is 8.92. The molecule has 0 bridgehead atoms. The molecule has 27 heavy (non-hydrogen) atoms. The van der Waals surface area contributed by atoms with Crippen molar-refractivity contribution < 1.29 is 4.39 Å². The number of piperazine rings is 1. The number of rotatable bonds is 5. The third kappa shape index (κ3) is 5.48. The van der Waals surface area contributed by atoms with E-state index in [-0.39, 0.29) is 10.9 Å². The van der Waals surface area contributed by atoms with Gasteiger partial charge in [-0.05, 0) is 42.4 Å². The summed E-state index contributed by atoms with van der Waals surface area (Å²) in [5.74, 6) is -0.249. The Morgan fingerprint density at radius 2 is 1.89 bits per heavy atom. The van der Waals surface area contributed by atoms with Crippen LogP contribution in [0.5, 0.6) is 0 Å². The third-order valence-electron chi connectivity index (χ3n) is 4.60. The van der Waals surface area contributed by atoms with E-state index in [4.69, 9.17) is 5.73 Å². The van der Waals surface area contributed by atoms with Gasteiger partial charge in [0.2, 0.25) is 0 Å². The molecule has 142 valence electrons. The van der Waals surface area contributed by atoms with Crippen LogP contribution >= 0.6 is 12.2 Å². The molecule has 0 saturated carbocycles. The van der Waals surface area contributed by atoms with Gasteiger partial charge in [0.25, 0.3) is 0 Å². The lowest BCUT2D eigenvalue weighted by Crippen LogP contribution is -2.46. The zero-order valence-electron chi connectivity index (χ0n) is 15.4. The molecule has 1 fully saturated rings. The summed E-state index contributed by atoms with van der Waals surface area (Å²) in [7, 11) is 0. The summed E-state index contributed by atoms with van der Waals surface area (Å²) in [6.07, 6.45) is 1.49. The van der Waals surface area contributed by atoms with Crippen LogP contribution in [0.3, 0.4) is 0 Å². The molecule has 0 atom stereocenters. The monoisotopic (exact) mass is 385 g/mol. The van der Waals surface area contributed by atoms with Crippen LogP contribution in [-0.2, 0) is 6.54 Å². The van der Waals surface area contributed by atoms with E-state index in [0.717, 1.165) is 32.7 Å². The van der Waals surface area contributed by atoms with Crippen LogP contribution in [0.15, 0.2) is 47.6 Å². The molecule has 3 rings (SSSR count). The van der Waals surface area contributed by atoms with E-state index in [1.807, 2.05) is 6.07 Å². The summed E-state index contributed by atoms with van der Waals surface area (Å²) >= 11 is 4.67. The molecular formula is C20H24FN5S. The molecule has 0 unspecified atom stereocenters. The molecule has 1 aliphatic heterocycles. The van der Waals surface area contributed by atoms with Crippen molar-refractivity contribution in [2.75, 3.05) is 31.1 Å². The first-order valence-corrected chi connectivity index (χ1v) is 9.33. The second-order valence-electron chi connectivity index (χ2n) is 6.69. The highest BCUT2D eigenvalue weighted by Crippen LogP contribution is 2.22. The van der Waals surface area contributed by atoms with E-state index in [9.17, 15) is 4.39 Å². The molecule has 1 heterocycles. The quantitative estimate of drug-likeness (QED) is 0.471. The van der Waals surface area contributed by atoms with Crippen LogP contribution in [0.4, 0.5) is 10.1 Å². The highest BCUT2D eigenvalue weighted by Gasteiger charge is 2.19. The summed E-state index contributed by atoms with van der Waals surface area (Å²) in [5, 5.41) is 3.93. The van der Waals surface area contributed by atoms with Gasteiger partial charge in [-0.15, -0.1) is 0 Å². The topological polar surface area (TPSA) is 56.9 Å². The van der Waals surface area contributed by atoms with Crippen LogP contribution in [0.25, 0.3) is 0 Å². The van der Waals surface area contributed by atoms with Crippen molar-refractivity contribution in [2.24, 2.45) is 10.8 Å². The number of nitrogens with two attached hydrogens (primary N) is 1. The van der Waals surface area contributed by atoms with Crippen LogP contribution in [-0.4, -0.2) is 42.4 Å². The van der Waals surface area contributed by atoms with E-state index in [1.54, 1.807) is 6.07 Å². The van der Waals surface area contributed by atoms with Crippen molar-refractivity contribution in [2.45, 2.75) is 13.5 Å². The molecule has 3 N–H and O–H groups in total. The van der Waals surface area contributed by atoms with Crippen LogP contribution in [0.2, 0.25) is 0 Å². The number of aryl methyl sites for hydroxylation is 1. The molecule has 0 radical (unpaired) electrons. The zero-order chi connectivity index (χ0) is 19.2. The van der Waals surface area contributed by atoms with Gasteiger partial charge in [-0.1, -0.05) is 35.9 Å². The van der Waals surface area contributed by atoms with E-state index in [1.165, 1.54) is 23.4 Å². The average molecular weight is 386 g/mol. The van der Waals surface area contributed by atoms with Crippen LogP contribution < -0.4 is 16.1 Å². The first kappa shape index (κ1) is 19.3. The fraction of sp³-hybridized carbons (Fsp3) is 0.300. The van der Waals surface area contributed by atoms with Gasteiger partial charge < -0.3 is 10.6 Å². The molecule has 2 aromatic rings. The Balaban J connectivity index is 1.56. The molecule has 0 amide bonds. The lowest BCUT2D eigenvalue weighted by molar-refractivity contribution is 0.249. The van der Waals surface area contributed by atoms with Crippen molar-refractivity contribution in [3.05, 3.63) is 65.0 Å². The minimum atomic E-state index is -0.249.